The number of fused-ring (bicyclic) bond motifs is 2. The number of carbonyl (C=O) groups is 3. The van der Waals surface area contributed by atoms with E-state index in [1.165, 1.54) is 43.5 Å². The van der Waals surface area contributed by atoms with Crippen molar-refractivity contribution < 1.29 is 104 Å². The average Bonchev–Trinajstić information content (AvgIpc) is 1.58. The molecule has 0 saturated heterocycles. The third-order valence-corrected chi connectivity index (χ3v) is 23.0. The summed E-state index contributed by atoms with van der Waals surface area (Å²) in [6.45, 7) is 8.07. The molecular weight excluding hydrogens is 1420 g/mol. The van der Waals surface area contributed by atoms with E-state index in [-0.39, 0.29) is 77.5 Å². The number of hydrogen-bond acceptors (Lipinski definition) is 20. The minimum absolute atomic E-state index is 0.0585. The maximum Gasteiger partial charge on any atom is 0.338 e. The fraction of sp³-hybridized carbons (Fsp3) is 0.437. The number of carbonyl (C=O) groups excluding carboxylic acids is 3. The van der Waals surface area contributed by atoms with E-state index >= 15 is 0 Å². The van der Waals surface area contributed by atoms with Crippen molar-refractivity contribution in [2.75, 3.05) is 129 Å². The van der Waals surface area contributed by atoms with Crippen molar-refractivity contribution in [3.63, 3.8) is 0 Å². The zero-order valence-corrected chi connectivity index (χ0v) is 61.8. The van der Waals surface area contributed by atoms with Crippen LogP contribution < -0.4 is 31.4 Å². The van der Waals surface area contributed by atoms with Crippen LogP contribution in [0.4, 0.5) is 11.4 Å². The topological polar surface area (TPSA) is 366 Å². The molecule has 2 aliphatic heterocycles. The standard InChI is InChI=1S/C71H91N4O22PS4/c1-70(32-17-49-99(79,80)81)60-52-57(101(85,86)87)27-30-62(60)74(36-16-8-15-25-67(76)72-34-35-73-68(77)54-26-29-59(69(78)92-4)64(51-54)98(55-19-9-5-10-20-55)56-21-11-6-12-22-56)65(70)23-13-7-14-24-66-71(2,33-18-50-100(82,83)84)61-53-58(102(88,89)90)28-31-63(61)75(66)37-38-93-41-42-95-45-46-97-48-47-96-44-43-94-40-39-91-3/h5-7,9-14,19-24,26-31,51-53H,8,15-18,25,32-50H2,1-4H3,(H5-,72,73,76,77,79,80,81,82,83,84,85,86,87,88,89,90). The summed E-state index contributed by atoms with van der Waals surface area (Å²) >= 11 is 0. The second-order valence-corrected chi connectivity index (χ2v) is 32.5. The van der Waals surface area contributed by atoms with Crippen LogP contribution in [0.1, 0.15) is 97.1 Å². The highest BCUT2D eigenvalue weighted by atomic mass is 32.2. The van der Waals surface area contributed by atoms with Crippen molar-refractivity contribution in [1.82, 2.24) is 10.6 Å². The lowest BCUT2D eigenvalue weighted by molar-refractivity contribution is -0.438. The van der Waals surface area contributed by atoms with Crippen LogP contribution in [0, 0.1) is 0 Å². The van der Waals surface area contributed by atoms with Gasteiger partial charge in [-0.05, 0) is 131 Å². The van der Waals surface area contributed by atoms with Gasteiger partial charge >= 0.3 is 5.97 Å². The normalized spacial score (nSPS) is 16.8. The quantitative estimate of drug-likeness (QED) is 0.00677. The number of nitrogens with zero attached hydrogens (tertiary/aromatic N) is 2. The molecule has 0 radical (unpaired) electrons. The largest absolute Gasteiger partial charge is 0.744 e. The van der Waals surface area contributed by atoms with Gasteiger partial charge in [-0.1, -0.05) is 78.9 Å². The third kappa shape index (κ3) is 24.3. The fourth-order valence-electron chi connectivity index (χ4n) is 12.3. The lowest BCUT2D eigenvalue weighted by Gasteiger charge is -2.30. The van der Waals surface area contributed by atoms with Crippen molar-refractivity contribution in [3.8, 4) is 0 Å². The van der Waals surface area contributed by atoms with E-state index in [9.17, 15) is 66.3 Å². The summed E-state index contributed by atoms with van der Waals surface area (Å²) in [7, 11) is -17.0. The molecule has 5 aromatic carbocycles. The highest BCUT2D eigenvalue weighted by molar-refractivity contribution is 7.86. The average molecular weight is 1510 g/mol. The van der Waals surface area contributed by atoms with Crippen LogP contribution in [0.3, 0.4) is 0 Å². The Bertz CT molecular complexity index is 4220. The molecule has 2 atom stereocenters. The summed E-state index contributed by atoms with van der Waals surface area (Å²) < 4.78 is 181. The molecule has 2 aliphatic rings. The van der Waals surface area contributed by atoms with E-state index in [0.29, 0.717) is 129 Å². The summed E-state index contributed by atoms with van der Waals surface area (Å²) in [6, 6.07) is 32.3. The minimum atomic E-state index is -4.98. The first kappa shape index (κ1) is 82.3. The summed E-state index contributed by atoms with van der Waals surface area (Å²) in [5.74, 6) is -2.44. The van der Waals surface area contributed by atoms with Crippen LogP contribution in [0.15, 0.2) is 161 Å². The fourth-order valence-corrected chi connectivity index (χ4v) is 16.8. The highest BCUT2D eigenvalue weighted by Crippen LogP contribution is 2.51. The molecule has 0 fully saturated rings. The lowest BCUT2D eigenvalue weighted by atomic mass is 9.76. The number of allylic oxidation sites excluding steroid dienone is 6. The number of esters is 1. The lowest BCUT2D eigenvalue weighted by Crippen LogP contribution is -2.35. The Balaban J connectivity index is 1.05. The van der Waals surface area contributed by atoms with Crippen molar-refractivity contribution in [2.45, 2.75) is 85.8 Å². The SMILES string of the molecule is COCCOCCOCCOCCOCCOCCN1C(=CC=CC=CC2=[N+](CCCCCC(=O)NCCNC(=O)c3ccc(C(=O)OC)c(P(c4ccccc4)c4ccccc4)c3)c3ccc(S(=O)(=O)[O-])cc3C2(C)CCCS(=O)(=O)O)C(C)(CCCS(=O)(=O)O)c2cc(S(=O)(=O)O)ccc21. The van der Waals surface area contributed by atoms with Crippen molar-refractivity contribution >= 4 is 99.2 Å². The van der Waals surface area contributed by atoms with E-state index < -0.39 is 92.4 Å². The number of nitrogens with one attached hydrogen (secondary N) is 2. The Kier molecular flexibility index (Phi) is 31.7. The molecule has 2 heterocycles. The van der Waals surface area contributed by atoms with Crippen molar-refractivity contribution in [1.29, 1.82) is 0 Å². The molecule has 5 aromatic rings. The van der Waals surface area contributed by atoms with E-state index in [4.69, 9.17) is 33.2 Å². The van der Waals surface area contributed by atoms with Crippen LogP contribution in [0.25, 0.3) is 0 Å². The number of benzene rings is 5. The number of methoxy groups -OCH3 is 2. The van der Waals surface area contributed by atoms with Crippen LogP contribution in [-0.4, -0.2) is 205 Å². The van der Waals surface area contributed by atoms with E-state index in [1.807, 2.05) is 70.1 Å². The molecule has 2 unspecified atom stereocenters. The molecule has 31 heteroatoms. The van der Waals surface area contributed by atoms with Gasteiger partial charge < -0.3 is 53.2 Å². The Morgan fingerprint density at radius 2 is 1.14 bits per heavy atom. The maximum atomic E-state index is 13.7. The van der Waals surface area contributed by atoms with Gasteiger partial charge in [-0.25, -0.2) is 13.2 Å². The second-order valence-electron chi connectivity index (χ2n) is 24.4. The Labute approximate surface area is 599 Å². The first-order valence-corrected chi connectivity index (χ1v) is 40.7. The van der Waals surface area contributed by atoms with Crippen LogP contribution >= 0.6 is 7.92 Å². The molecule has 7 rings (SSSR count). The van der Waals surface area contributed by atoms with Gasteiger partial charge in [0.15, 0.2) is 5.71 Å². The molecule has 0 aromatic heterocycles. The van der Waals surface area contributed by atoms with E-state index in [2.05, 4.69) is 10.6 Å². The van der Waals surface area contributed by atoms with Gasteiger partial charge in [0, 0.05) is 85.0 Å². The molecule has 5 N–H and O–H groups in total. The number of hydrogen-bond donors (Lipinski definition) is 5. The Morgan fingerprint density at radius 3 is 1.70 bits per heavy atom. The molecule has 0 aliphatic carbocycles. The second kappa shape index (κ2) is 39.2. The minimum Gasteiger partial charge on any atom is -0.744 e. The molecular formula is C71H91N4O22PS4. The number of ether oxygens (including phenoxy) is 7. The zero-order valence-electron chi connectivity index (χ0n) is 57.6. The maximum absolute atomic E-state index is 13.7. The Hall–Kier alpha value is -6.97. The van der Waals surface area contributed by atoms with Gasteiger partial charge in [-0.3, -0.25) is 23.2 Å². The summed E-state index contributed by atoms with van der Waals surface area (Å²) in [6.07, 6.45) is 10.2. The molecule has 556 valence electrons. The van der Waals surface area contributed by atoms with E-state index in [0.717, 1.165) is 10.6 Å². The van der Waals surface area contributed by atoms with E-state index in [1.54, 1.807) is 69.5 Å². The first-order valence-electron chi connectivity index (χ1n) is 33.3. The molecule has 2 amide bonds. The summed E-state index contributed by atoms with van der Waals surface area (Å²) in [5.41, 5.74) is 1.44. The van der Waals surface area contributed by atoms with Gasteiger partial charge in [-0.2, -0.15) is 29.8 Å². The zero-order chi connectivity index (χ0) is 74.0. The van der Waals surface area contributed by atoms with Crippen molar-refractivity contribution in [3.05, 3.63) is 174 Å². The van der Waals surface area contributed by atoms with Crippen LogP contribution in [-0.2, 0) is 89.3 Å². The first-order chi connectivity index (χ1) is 48.6. The van der Waals surface area contributed by atoms with Gasteiger partial charge in [0.2, 0.25) is 11.6 Å². The predicted octanol–water partition coefficient (Wildman–Crippen LogP) is 6.68. The Morgan fingerprint density at radius 1 is 0.588 bits per heavy atom. The molecule has 0 spiro atoms. The van der Waals surface area contributed by atoms with Gasteiger partial charge in [0.25, 0.3) is 36.3 Å². The molecule has 102 heavy (non-hydrogen) atoms. The van der Waals surface area contributed by atoms with Crippen molar-refractivity contribution in [2.24, 2.45) is 0 Å². The number of unbranched alkanes of at least 4 members (excludes halogenated alkanes) is 2. The van der Waals surface area contributed by atoms with Gasteiger partial charge in [-0.15, -0.1) is 0 Å². The summed E-state index contributed by atoms with van der Waals surface area (Å²) in [5, 5.41) is 8.29. The number of rotatable bonds is 45. The predicted molar refractivity (Wildman–Crippen MR) is 386 cm³/mol. The van der Waals surface area contributed by atoms with Crippen LogP contribution in [0.2, 0.25) is 0 Å². The number of amides is 2. The highest BCUT2D eigenvalue weighted by Gasteiger charge is 2.48. The third-order valence-electron chi connectivity index (χ3n) is 17.2. The van der Waals surface area contributed by atoms with Gasteiger partial charge in [0.1, 0.15) is 16.7 Å². The molecule has 0 bridgehead atoms. The molecule has 0 saturated carbocycles. The van der Waals surface area contributed by atoms with Crippen LogP contribution in [0.5, 0.6) is 0 Å². The monoisotopic (exact) mass is 1510 g/mol. The molecule has 26 nitrogen and oxygen atoms in total. The number of anilines is 1. The smallest absolute Gasteiger partial charge is 0.338 e. The van der Waals surface area contributed by atoms with Gasteiger partial charge in [0.05, 0.1) is 112 Å². The summed E-state index contributed by atoms with van der Waals surface area (Å²) in [4.78, 5) is 41.0.